The first-order valence-corrected chi connectivity index (χ1v) is 13.1. The van der Waals surface area contributed by atoms with Gasteiger partial charge >= 0.3 is 0 Å². The standard InChI is InChI=1S/C26H35BN2O3S/c1-26(2,16-21-9-12-22-7-5-6-8-23(22)15-21)28-17-25(30)18-29(4)33(31,32)19-20-10-13-24(27-3)14-11-20/h5-15,25,27-28,30H,16-19H2,1-4H3. The second-order valence-electron chi connectivity index (χ2n) is 9.48. The first-order chi connectivity index (χ1) is 15.6. The van der Waals surface area contributed by atoms with Crippen LogP contribution in [0.25, 0.3) is 10.8 Å². The van der Waals surface area contributed by atoms with Gasteiger partial charge in [0.2, 0.25) is 10.0 Å². The highest BCUT2D eigenvalue weighted by Gasteiger charge is 2.24. The lowest BCUT2D eigenvalue weighted by Gasteiger charge is -2.29. The molecule has 0 aromatic heterocycles. The molecular weight excluding hydrogens is 431 g/mol. The van der Waals surface area contributed by atoms with Crippen LogP contribution < -0.4 is 10.8 Å². The molecule has 0 heterocycles. The monoisotopic (exact) mass is 466 g/mol. The Kier molecular flexibility index (Phi) is 8.35. The van der Waals surface area contributed by atoms with Gasteiger partial charge in [-0.3, -0.25) is 0 Å². The van der Waals surface area contributed by atoms with Crippen LogP contribution in [0.2, 0.25) is 6.82 Å². The largest absolute Gasteiger partial charge is 0.390 e. The van der Waals surface area contributed by atoms with E-state index in [4.69, 9.17) is 0 Å². The molecule has 176 valence electrons. The Labute approximate surface area is 199 Å². The minimum atomic E-state index is -3.51. The molecule has 1 atom stereocenters. The maximum absolute atomic E-state index is 12.7. The summed E-state index contributed by atoms with van der Waals surface area (Å²) in [6.07, 6.45) is -0.00460. The number of β-amino-alcohol motifs (C(OH)–C–C–N with tert-alkyl or cyclic N) is 1. The molecule has 7 heteroatoms. The fourth-order valence-electron chi connectivity index (χ4n) is 3.98. The SMILES string of the molecule is CBc1ccc(CS(=O)(=O)N(C)CC(O)CNC(C)(C)Cc2ccc3ccccc3c2)cc1. The van der Waals surface area contributed by atoms with Gasteiger partial charge in [0.25, 0.3) is 0 Å². The van der Waals surface area contributed by atoms with Gasteiger partial charge in [0.1, 0.15) is 0 Å². The normalized spacial score (nSPS) is 13.4. The summed E-state index contributed by atoms with van der Waals surface area (Å²) >= 11 is 0. The van der Waals surface area contributed by atoms with E-state index in [0.717, 1.165) is 19.3 Å². The maximum Gasteiger partial charge on any atom is 0.218 e. The lowest BCUT2D eigenvalue weighted by atomic mass is 9.73. The van der Waals surface area contributed by atoms with Crippen molar-refractivity contribution in [1.82, 2.24) is 9.62 Å². The Morgan fingerprint density at radius 2 is 1.64 bits per heavy atom. The summed E-state index contributed by atoms with van der Waals surface area (Å²) in [5.74, 6) is -0.0684. The second-order valence-corrected chi connectivity index (χ2v) is 11.6. The van der Waals surface area contributed by atoms with Crippen LogP contribution in [-0.2, 0) is 22.2 Å². The van der Waals surface area contributed by atoms with Crippen LogP contribution in [0, 0.1) is 0 Å². The smallest absolute Gasteiger partial charge is 0.218 e. The van der Waals surface area contributed by atoms with Crippen LogP contribution in [0.3, 0.4) is 0 Å². The molecule has 0 bridgehead atoms. The van der Waals surface area contributed by atoms with E-state index in [2.05, 4.69) is 56.3 Å². The number of aliphatic hydroxyl groups excluding tert-OH is 1. The number of rotatable bonds is 11. The summed E-state index contributed by atoms with van der Waals surface area (Å²) in [7, 11) is -1.06. The first-order valence-electron chi connectivity index (χ1n) is 11.5. The number of hydrogen-bond acceptors (Lipinski definition) is 4. The van der Waals surface area contributed by atoms with Gasteiger partial charge in [-0.15, -0.1) is 0 Å². The quantitative estimate of drug-likeness (QED) is 0.427. The summed E-state index contributed by atoms with van der Waals surface area (Å²) in [4.78, 5) is 0. The van der Waals surface area contributed by atoms with Crippen LogP contribution in [0.15, 0.2) is 66.7 Å². The van der Waals surface area contributed by atoms with E-state index in [-0.39, 0.29) is 17.8 Å². The van der Waals surface area contributed by atoms with E-state index in [1.807, 2.05) is 36.4 Å². The van der Waals surface area contributed by atoms with Gasteiger partial charge in [-0.05, 0) is 42.2 Å². The third kappa shape index (κ3) is 7.40. The number of sulfonamides is 1. The number of fused-ring (bicyclic) bond motifs is 1. The van der Waals surface area contributed by atoms with Crippen LogP contribution in [-0.4, -0.2) is 56.9 Å². The molecule has 0 aliphatic rings. The Morgan fingerprint density at radius 1 is 1.00 bits per heavy atom. The summed E-state index contributed by atoms with van der Waals surface area (Å²) in [6, 6.07) is 22.4. The number of nitrogens with zero attached hydrogens (tertiary/aromatic N) is 1. The lowest BCUT2D eigenvalue weighted by molar-refractivity contribution is 0.139. The summed E-state index contributed by atoms with van der Waals surface area (Å²) in [6.45, 7) is 6.61. The number of aliphatic hydroxyl groups is 1. The van der Waals surface area contributed by atoms with E-state index in [0.29, 0.717) is 6.54 Å². The average Bonchev–Trinajstić information content (AvgIpc) is 2.77. The lowest BCUT2D eigenvalue weighted by Crippen LogP contribution is -2.47. The van der Waals surface area contributed by atoms with Crippen molar-refractivity contribution in [2.24, 2.45) is 0 Å². The highest BCUT2D eigenvalue weighted by molar-refractivity contribution is 7.88. The van der Waals surface area contributed by atoms with Gasteiger partial charge in [-0.1, -0.05) is 79.0 Å². The third-order valence-corrected chi connectivity index (χ3v) is 7.80. The predicted molar refractivity (Wildman–Crippen MR) is 140 cm³/mol. The number of benzene rings is 3. The van der Waals surface area contributed by atoms with Crippen molar-refractivity contribution < 1.29 is 13.5 Å². The minimum Gasteiger partial charge on any atom is -0.390 e. The highest BCUT2D eigenvalue weighted by atomic mass is 32.2. The number of likely N-dealkylation sites (N-methyl/N-ethyl adjacent to an activating group) is 1. The molecule has 0 aliphatic heterocycles. The molecular formula is C26H35BN2O3S. The number of nitrogens with one attached hydrogen (secondary N) is 1. The molecule has 0 fully saturated rings. The van der Waals surface area contributed by atoms with Crippen molar-refractivity contribution in [2.75, 3.05) is 20.1 Å². The van der Waals surface area contributed by atoms with E-state index >= 15 is 0 Å². The summed E-state index contributed by atoms with van der Waals surface area (Å²) in [5, 5.41) is 16.3. The Morgan fingerprint density at radius 3 is 2.30 bits per heavy atom. The Balaban J connectivity index is 1.52. The van der Waals surface area contributed by atoms with Crippen molar-refractivity contribution in [3.8, 4) is 0 Å². The highest BCUT2D eigenvalue weighted by Crippen LogP contribution is 2.19. The predicted octanol–water partition coefficient (Wildman–Crippen LogP) is 2.68. The zero-order valence-electron chi connectivity index (χ0n) is 20.1. The van der Waals surface area contributed by atoms with Crippen LogP contribution in [0.5, 0.6) is 0 Å². The van der Waals surface area contributed by atoms with Gasteiger partial charge < -0.3 is 10.4 Å². The van der Waals surface area contributed by atoms with E-state index in [9.17, 15) is 13.5 Å². The maximum atomic E-state index is 12.7. The molecule has 0 aliphatic carbocycles. The molecule has 5 nitrogen and oxygen atoms in total. The molecule has 2 N–H and O–H groups in total. The molecule has 3 aromatic rings. The molecule has 0 saturated heterocycles. The molecule has 0 radical (unpaired) electrons. The van der Waals surface area contributed by atoms with E-state index in [1.54, 1.807) is 0 Å². The molecule has 0 amide bonds. The second kappa shape index (κ2) is 10.8. The van der Waals surface area contributed by atoms with Crippen molar-refractivity contribution in [2.45, 2.75) is 44.5 Å². The molecule has 3 aromatic carbocycles. The topological polar surface area (TPSA) is 69.6 Å². The molecule has 1 unspecified atom stereocenters. The zero-order chi connectivity index (χ0) is 24.1. The van der Waals surface area contributed by atoms with Crippen molar-refractivity contribution in [1.29, 1.82) is 0 Å². The minimum absolute atomic E-state index is 0.0500. The van der Waals surface area contributed by atoms with E-state index in [1.165, 1.54) is 33.2 Å². The van der Waals surface area contributed by atoms with Gasteiger partial charge in [0.15, 0.2) is 7.28 Å². The van der Waals surface area contributed by atoms with Crippen molar-refractivity contribution in [3.05, 3.63) is 77.9 Å². The van der Waals surface area contributed by atoms with E-state index < -0.39 is 16.1 Å². The number of hydrogen-bond donors (Lipinski definition) is 2. The van der Waals surface area contributed by atoms with Crippen molar-refractivity contribution in [3.63, 3.8) is 0 Å². The molecule has 0 saturated carbocycles. The molecule has 3 rings (SSSR count). The zero-order valence-corrected chi connectivity index (χ0v) is 20.9. The fourth-order valence-corrected chi connectivity index (χ4v) is 5.22. The van der Waals surface area contributed by atoms with Crippen LogP contribution in [0.1, 0.15) is 25.0 Å². The molecule has 0 spiro atoms. The van der Waals surface area contributed by atoms with Crippen molar-refractivity contribution >= 4 is 33.5 Å². The third-order valence-electron chi connectivity index (χ3n) is 6.00. The fraction of sp³-hybridized carbons (Fsp3) is 0.385. The van der Waals surface area contributed by atoms with Crippen LogP contribution in [0.4, 0.5) is 0 Å². The van der Waals surface area contributed by atoms with Gasteiger partial charge in [0.05, 0.1) is 11.9 Å². The van der Waals surface area contributed by atoms with Gasteiger partial charge in [-0.25, -0.2) is 12.7 Å². The average molecular weight is 466 g/mol. The first kappa shape index (κ1) is 25.4. The Bertz CT molecular complexity index is 1160. The molecule has 33 heavy (non-hydrogen) atoms. The summed E-state index contributed by atoms with van der Waals surface area (Å²) < 4.78 is 26.7. The van der Waals surface area contributed by atoms with Crippen LogP contribution >= 0.6 is 0 Å². The van der Waals surface area contributed by atoms with Gasteiger partial charge in [-0.2, -0.15) is 0 Å². The summed E-state index contributed by atoms with van der Waals surface area (Å²) in [5.41, 5.74) is 2.90. The van der Waals surface area contributed by atoms with Gasteiger partial charge in [0, 0.05) is 25.7 Å². The Hall–Kier alpha value is -2.19.